The minimum absolute atomic E-state index is 0.550. The largest absolute Gasteiger partial charge is 0.310 e. The van der Waals surface area contributed by atoms with Crippen molar-refractivity contribution < 1.29 is 0 Å². The number of nitrogens with zero attached hydrogens (tertiary/aromatic N) is 1. The maximum atomic E-state index is 3.47. The Morgan fingerprint density at radius 1 is 1.10 bits per heavy atom. The Kier molecular flexibility index (Phi) is 6.06. The lowest BCUT2D eigenvalue weighted by Crippen LogP contribution is -2.24. The van der Waals surface area contributed by atoms with Gasteiger partial charge in [-0.25, -0.2) is 0 Å². The summed E-state index contributed by atoms with van der Waals surface area (Å²) >= 11 is 0. The lowest BCUT2D eigenvalue weighted by atomic mass is 10.0. The van der Waals surface area contributed by atoms with Gasteiger partial charge in [-0.1, -0.05) is 45.0 Å². The maximum absolute atomic E-state index is 3.47. The van der Waals surface area contributed by atoms with Crippen molar-refractivity contribution in [2.24, 2.45) is 5.92 Å². The van der Waals surface area contributed by atoms with Crippen molar-refractivity contribution in [2.45, 2.75) is 59.2 Å². The number of rotatable bonds is 5. The normalized spacial score (nSPS) is 21.1. The smallest absolute Gasteiger partial charge is 0.0233 e. The van der Waals surface area contributed by atoms with Crippen LogP contribution in [0.4, 0.5) is 0 Å². The first-order chi connectivity index (χ1) is 9.63. The van der Waals surface area contributed by atoms with Crippen LogP contribution >= 0.6 is 0 Å². The summed E-state index contributed by atoms with van der Waals surface area (Å²) in [6.07, 6.45) is 4.12. The fourth-order valence-corrected chi connectivity index (χ4v) is 2.82. The molecule has 1 unspecified atom stereocenters. The minimum atomic E-state index is 0.550. The summed E-state index contributed by atoms with van der Waals surface area (Å²) in [5.74, 6) is 0.907. The predicted octanol–water partition coefficient (Wildman–Crippen LogP) is 3.81. The Labute approximate surface area is 124 Å². The quantitative estimate of drug-likeness (QED) is 0.878. The van der Waals surface area contributed by atoms with E-state index in [2.05, 4.69) is 55.3 Å². The molecule has 0 aromatic heterocycles. The van der Waals surface area contributed by atoms with E-state index in [1.807, 2.05) is 0 Å². The van der Waals surface area contributed by atoms with Gasteiger partial charge >= 0.3 is 0 Å². The van der Waals surface area contributed by atoms with Crippen LogP contribution < -0.4 is 5.32 Å². The van der Waals surface area contributed by atoms with Crippen LogP contribution in [-0.4, -0.2) is 24.0 Å². The van der Waals surface area contributed by atoms with E-state index in [1.54, 1.807) is 0 Å². The van der Waals surface area contributed by atoms with Gasteiger partial charge in [0.05, 0.1) is 0 Å². The van der Waals surface area contributed by atoms with Crippen LogP contribution in [0.3, 0.4) is 0 Å². The summed E-state index contributed by atoms with van der Waals surface area (Å²) in [4.78, 5) is 2.62. The van der Waals surface area contributed by atoms with Crippen LogP contribution in [0, 0.1) is 5.92 Å². The highest BCUT2D eigenvalue weighted by Gasteiger charge is 2.13. The molecule has 1 atom stereocenters. The van der Waals surface area contributed by atoms with Crippen LogP contribution in [0.25, 0.3) is 0 Å². The molecule has 0 saturated carbocycles. The molecule has 1 aromatic carbocycles. The highest BCUT2D eigenvalue weighted by Crippen LogP contribution is 2.18. The second kappa shape index (κ2) is 7.80. The van der Waals surface area contributed by atoms with Gasteiger partial charge in [0, 0.05) is 19.1 Å². The zero-order valence-electron chi connectivity index (χ0n) is 13.4. The van der Waals surface area contributed by atoms with Gasteiger partial charge < -0.3 is 5.32 Å². The first kappa shape index (κ1) is 15.5. The lowest BCUT2D eigenvalue weighted by Gasteiger charge is -2.20. The van der Waals surface area contributed by atoms with Crippen LogP contribution in [0.2, 0.25) is 0 Å². The second-order valence-corrected chi connectivity index (χ2v) is 6.66. The molecule has 1 aliphatic heterocycles. The molecule has 2 rings (SSSR count). The van der Waals surface area contributed by atoms with Crippen LogP contribution in [0.15, 0.2) is 24.3 Å². The molecule has 0 spiro atoms. The van der Waals surface area contributed by atoms with E-state index in [1.165, 1.54) is 43.5 Å². The van der Waals surface area contributed by atoms with Crippen LogP contribution in [0.1, 0.15) is 51.2 Å². The highest BCUT2D eigenvalue weighted by molar-refractivity contribution is 5.22. The highest BCUT2D eigenvalue weighted by atomic mass is 15.1. The predicted molar refractivity (Wildman–Crippen MR) is 86.7 cm³/mol. The zero-order chi connectivity index (χ0) is 14.4. The van der Waals surface area contributed by atoms with Crippen molar-refractivity contribution >= 4 is 0 Å². The summed E-state index contributed by atoms with van der Waals surface area (Å²) < 4.78 is 0. The van der Waals surface area contributed by atoms with Gasteiger partial charge in [0.15, 0.2) is 0 Å². The molecule has 2 nitrogen and oxygen atoms in total. The monoisotopic (exact) mass is 274 g/mol. The first-order valence-electron chi connectivity index (χ1n) is 8.17. The third-order valence-corrected chi connectivity index (χ3v) is 4.25. The topological polar surface area (TPSA) is 15.3 Å². The molecule has 20 heavy (non-hydrogen) atoms. The fourth-order valence-electron chi connectivity index (χ4n) is 2.82. The Morgan fingerprint density at radius 3 is 2.50 bits per heavy atom. The number of hydrogen-bond donors (Lipinski definition) is 1. The number of hydrogen-bond acceptors (Lipinski definition) is 2. The molecule has 1 aromatic rings. The summed E-state index contributed by atoms with van der Waals surface area (Å²) in [6, 6.07) is 9.68. The van der Waals surface area contributed by atoms with Gasteiger partial charge in [-0.15, -0.1) is 0 Å². The Hall–Kier alpha value is -0.860. The Morgan fingerprint density at radius 2 is 1.80 bits per heavy atom. The first-order valence-corrected chi connectivity index (χ1v) is 8.17. The number of nitrogens with one attached hydrogen (secondary N) is 1. The third kappa shape index (κ3) is 5.26. The van der Waals surface area contributed by atoms with E-state index in [-0.39, 0.29) is 0 Å². The molecule has 1 aliphatic rings. The van der Waals surface area contributed by atoms with Gasteiger partial charge in [0.2, 0.25) is 0 Å². The molecular weight excluding hydrogens is 244 g/mol. The lowest BCUT2D eigenvalue weighted by molar-refractivity contribution is 0.273. The molecule has 2 heteroatoms. The summed E-state index contributed by atoms with van der Waals surface area (Å²) in [5, 5.41) is 3.47. The molecule has 0 aliphatic carbocycles. The molecule has 1 heterocycles. The summed E-state index contributed by atoms with van der Waals surface area (Å²) in [7, 11) is 0. The van der Waals surface area contributed by atoms with E-state index >= 15 is 0 Å². The van der Waals surface area contributed by atoms with Crippen molar-refractivity contribution in [1.82, 2.24) is 10.2 Å². The Bertz CT molecular complexity index is 383. The fraction of sp³-hybridized carbons (Fsp3) is 0.667. The van der Waals surface area contributed by atoms with Crippen LogP contribution in [-0.2, 0) is 13.1 Å². The zero-order valence-corrected chi connectivity index (χ0v) is 13.4. The molecular formula is C18H30N2. The van der Waals surface area contributed by atoms with Crippen molar-refractivity contribution in [1.29, 1.82) is 0 Å². The van der Waals surface area contributed by atoms with E-state index in [0.717, 1.165) is 19.0 Å². The maximum Gasteiger partial charge on any atom is 0.0233 e. The molecule has 0 radical (unpaired) electrons. The molecule has 1 saturated heterocycles. The Balaban J connectivity index is 1.83. The molecule has 1 fully saturated rings. The van der Waals surface area contributed by atoms with Gasteiger partial charge in [-0.05, 0) is 49.4 Å². The standard InChI is InChI=1S/C18H30N2/c1-15(2)19-13-17-6-8-18(9-7-17)14-20-11-4-5-16(3)10-12-20/h6-9,15-16,19H,4-5,10-14H2,1-3H3. The van der Waals surface area contributed by atoms with Crippen molar-refractivity contribution in [3.8, 4) is 0 Å². The van der Waals surface area contributed by atoms with Crippen molar-refractivity contribution in [3.05, 3.63) is 35.4 Å². The SMILES string of the molecule is CC1CCCN(Cc2ccc(CNC(C)C)cc2)CC1. The molecule has 112 valence electrons. The van der Waals surface area contributed by atoms with E-state index < -0.39 is 0 Å². The van der Waals surface area contributed by atoms with E-state index in [0.29, 0.717) is 6.04 Å². The minimum Gasteiger partial charge on any atom is -0.310 e. The van der Waals surface area contributed by atoms with Crippen molar-refractivity contribution in [2.75, 3.05) is 13.1 Å². The average Bonchev–Trinajstić information content (AvgIpc) is 2.63. The van der Waals surface area contributed by atoms with Crippen LogP contribution in [0.5, 0.6) is 0 Å². The van der Waals surface area contributed by atoms with Gasteiger partial charge in [0.1, 0.15) is 0 Å². The molecule has 1 N–H and O–H groups in total. The second-order valence-electron chi connectivity index (χ2n) is 6.66. The summed E-state index contributed by atoms with van der Waals surface area (Å²) in [5.41, 5.74) is 2.83. The average molecular weight is 274 g/mol. The number of benzene rings is 1. The van der Waals surface area contributed by atoms with Gasteiger partial charge in [0.25, 0.3) is 0 Å². The third-order valence-electron chi connectivity index (χ3n) is 4.25. The molecule has 0 bridgehead atoms. The van der Waals surface area contributed by atoms with E-state index in [9.17, 15) is 0 Å². The number of likely N-dealkylation sites (tertiary alicyclic amines) is 1. The van der Waals surface area contributed by atoms with Gasteiger partial charge in [-0.2, -0.15) is 0 Å². The van der Waals surface area contributed by atoms with E-state index in [4.69, 9.17) is 0 Å². The molecule has 0 amide bonds. The van der Waals surface area contributed by atoms with Crippen molar-refractivity contribution in [3.63, 3.8) is 0 Å². The summed E-state index contributed by atoms with van der Waals surface area (Å²) in [6.45, 7) is 11.4. The van der Waals surface area contributed by atoms with Gasteiger partial charge in [-0.3, -0.25) is 4.90 Å².